The maximum Gasteiger partial charge on any atom is 0.261 e. The van der Waals surface area contributed by atoms with Crippen LogP contribution in [-0.2, 0) is 13.8 Å². The third-order valence-corrected chi connectivity index (χ3v) is 4.70. The quantitative estimate of drug-likeness (QED) is 0.799. The van der Waals surface area contributed by atoms with E-state index in [0.29, 0.717) is 13.2 Å². The molecule has 0 saturated carbocycles. The van der Waals surface area contributed by atoms with Gasteiger partial charge in [0, 0.05) is 23.5 Å². The van der Waals surface area contributed by atoms with Gasteiger partial charge in [0.1, 0.15) is 11.9 Å². The maximum absolute atomic E-state index is 11.4. The molecule has 4 nitrogen and oxygen atoms in total. The van der Waals surface area contributed by atoms with Crippen LogP contribution in [0.1, 0.15) is 38.2 Å². The molecule has 112 valence electrons. The molecule has 2 rings (SSSR count). The minimum atomic E-state index is -3.71. The fourth-order valence-corrected chi connectivity index (χ4v) is 3.00. The van der Waals surface area contributed by atoms with Crippen molar-refractivity contribution in [2.24, 2.45) is 0 Å². The predicted octanol–water partition coefficient (Wildman–Crippen LogP) is 3.30. The average Bonchev–Trinajstić information content (AvgIpc) is 2.38. The molecule has 1 aliphatic rings. The minimum absolute atomic E-state index is 0.113. The molecule has 1 heterocycles. The molecule has 1 saturated heterocycles. The number of halogens is 1. The summed E-state index contributed by atoms with van der Waals surface area (Å²) >= 11 is 0. The molecule has 6 heteroatoms. The molecule has 20 heavy (non-hydrogen) atoms. The molecule has 0 aliphatic carbocycles. The van der Waals surface area contributed by atoms with Crippen LogP contribution in [0.25, 0.3) is 0 Å². The molecule has 1 aliphatic heterocycles. The summed E-state index contributed by atoms with van der Waals surface area (Å²) in [4.78, 5) is 0.113. The van der Waals surface area contributed by atoms with Crippen LogP contribution in [0.2, 0.25) is 0 Å². The highest BCUT2D eigenvalue weighted by Gasteiger charge is 2.20. The van der Waals surface area contributed by atoms with Crippen LogP contribution >= 0.6 is 10.7 Å². The summed E-state index contributed by atoms with van der Waals surface area (Å²) in [6.07, 6.45) is 1.83. The predicted molar refractivity (Wildman–Crippen MR) is 78.0 cm³/mol. The van der Waals surface area contributed by atoms with E-state index in [1.807, 2.05) is 13.8 Å². The van der Waals surface area contributed by atoms with Gasteiger partial charge in [-0.1, -0.05) is 13.8 Å². The van der Waals surface area contributed by atoms with Gasteiger partial charge in [-0.2, -0.15) is 0 Å². The Balaban J connectivity index is 2.28. The highest BCUT2D eigenvalue weighted by Crippen LogP contribution is 2.32. The molecule has 0 amide bonds. The van der Waals surface area contributed by atoms with Crippen LogP contribution in [0.4, 0.5) is 0 Å². The first-order chi connectivity index (χ1) is 9.38. The SMILES string of the molecule is CC(C)c1cc(S(=O)(=O)Cl)ccc1OC1CCOCC1. The minimum Gasteiger partial charge on any atom is -0.490 e. The molecule has 1 fully saturated rings. The Morgan fingerprint density at radius 1 is 1.30 bits per heavy atom. The molecular formula is C14H19ClO4S. The Kier molecular flexibility index (Phi) is 4.94. The van der Waals surface area contributed by atoms with Gasteiger partial charge < -0.3 is 9.47 Å². The normalized spacial score (nSPS) is 17.4. The molecule has 0 unspecified atom stereocenters. The highest BCUT2D eigenvalue weighted by atomic mass is 35.7. The van der Waals surface area contributed by atoms with Crippen LogP contribution in [0.5, 0.6) is 5.75 Å². The van der Waals surface area contributed by atoms with Crippen molar-refractivity contribution in [1.82, 2.24) is 0 Å². The standard InChI is InChI=1S/C14H19ClO4S/c1-10(2)13-9-12(20(15,16)17)3-4-14(13)19-11-5-7-18-8-6-11/h3-4,9-11H,5-8H2,1-2H3. The second kappa shape index (κ2) is 6.33. The highest BCUT2D eigenvalue weighted by molar-refractivity contribution is 8.13. The van der Waals surface area contributed by atoms with E-state index in [1.54, 1.807) is 12.1 Å². The van der Waals surface area contributed by atoms with E-state index in [0.717, 1.165) is 24.2 Å². The van der Waals surface area contributed by atoms with Gasteiger partial charge in [-0.25, -0.2) is 8.42 Å². The van der Waals surface area contributed by atoms with Gasteiger partial charge >= 0.3 is 0 Å². The third-order valence-electron chi connectivity index (χ3n) is 3.35. The fourth-order valence-electron chi connectivity index (χ4n) is 2.21. The van der Waals surface area contributed by atoms with Crippen LogP contribution in [0, 0.1) is 0 Å². The molecular weight excluding hydrogens is 300 g/mol. The number of benzene rings is 1. The van der Waals surface area contributed by atoms with Crippen molar-refractivity contribution in [3.63, 3.8) is 0 Å². The third kappa shape index (κ3) is 3.87. The van der Waals surface area contributed by atoms with E-state index in [-0.39, 0.29) is 16.9 Å². The van der Waals surface area contributed by atoms with Crippen LogP contribution < -0.4 is 4.74 Å². The molecule has 0 N–H and O–H groups in total. The Hall–Kier alpha value is -0.780. The lowest BCUT2D eigenvalue weighted by molar-refractivity contribution is 0.0251. The number of hydrogen-bond donors (Lipinski definition) is 0. The molecule has 0 bridgehead atoms. The van der Waals surface area contributed by atoms with E-state index in [4.69, 9.17) is 20.2 Å². The van der Waals surface area contributed by atoms with Crippen LogP contribution in [-0.4, -0.2) is 27.7 Å². The summed E-state index contributed by atoms with van der Waals surface area (Å²) in [6, 6.07) is 4.78. The van der Waals surface area contributed by atoms with Crippen LogP contribution in [0.3, 0.4) is 0 Å². The van der Waals surface area contributed by atoms with E-state index < -0.39 is 9.05 Å². The van der Waals surface area contributed by atoms with Gasteiger partial charge in [0.05, 0.1) is 18.1 Å². The largest absolute Gasteiger partial charge is 0.490 e. The van der Waals surface area contributed by atoms with E-state index in [1.165, 1.54) is 6.07 Å². The van der Waals surface area contributed by atoms with Crippen molar-refractivity contribution in [2.45, 2.75) is 43.6 Å². The Morgan fingerprint density at radius 3 is 2.50 bits per heavy atom. The van der Waals surface area contributed by atoms with Gasteiger partial charge in [-0.05, 0) is 29.7 Å². The lowest BCUT2D eigenvalue weighted by Gasteiger charge is -2.25. The summed E-state index contributed by atoms with van der Waals surface area (Å²) < 4.78 is 34.1. The first kappa shape index (κ1) is 15.6. The number of rotatable bonds is 4. The number of ether oxygens (including phenoxy) is 2. The first-order valence-corrected chi connectivity index (χ1v) is 9.02. The van der Waals surface area contributed by atoms with Crippen molar-refractivity contribution in [2.75, 3.05) is 13.2 Å². The zero-order valence-electron chi connectivity index (χ0n) is 11.6. The Morgan fingerprint density at radius 2 is 1.95 bits per heavy atom. The molecule has 0 atom stereocenters. The van der Waals surface area contributed by atoms with Crippen LogP contribution in [0.15, 0.2) is 23.1 Å². The van der Waals surface area contributed by atoms with Gasteiger partial charge in [-0.3, -0.25) is 0 Å². The lowest BCUT2D eigenvalue weighted by atomic mass is 10.0. The van der Waals surface area contributed by atoms with Crippen molar-refractivity contribution in [3.8, 4) is 5.75 Å². The molecule has 0 spiro atoms. The molecule has 0 radical (unpaired) electrons. The van der Waals surface area contributed by atoms with E-state index in [9.17, 15) is 8.42 Å². The molecule has 1 aromatic carbocycles. The summed E-state index contributed by atoms with van der Waals surface area (Å²) in [5, 5.41) is 0. The lowest BCUT2D eigenvalue weighted by Crippen LogP contribution is -2.26. The monoisotopic (exact) mass is 318 g/mol. The van der Waals surface area contributed by atoms with Crippen molar-refractivity contribution >= 4 is 19.7 Å². The van der Waals surface area contributed by atoms with Crippen molar-refractivity contribution in [3.05, 3.63) is 23.8 Å². The van der Waals surface area contributed by atoms with E-state index in [2.05, 4.69) is 0 Å². The molecule has 1 aromatic rings. The smallest absolute Gasteiger partial charge is 0.261 e. The maximum atomic E-state index is 11.4. The summed E-state index contributed by atoms with van der Waals surface area (Å²) in [7, 11) is 1.68. The number of hydrogen-bond acceptors (Lipinski definition) is 4. The summed E-state index contributed by atoms with van der Waals surface area (Å²) in [5.41, 5.74) is 0.859. The van der Waals surface area contributed by atoms with Gasteiger partial charge in [0.15, 0.2) is 0 Å². The zero-order chi connectivity index (χ0) is 14.8. The van der Waals surface area contributed by atoms with Gasteiger partial charge in [0.25, 0.3) is 9.05 Å². The fraction of sp³-hybridized carbons (Fsp3) is 0.571. The molecule has 0 aromatic heterocycles. The topological polar surface area (TPSA) is 52.6 Å². The summed E-state index contributed by atoms with van der Waals surface area (Å²) in [5.74, 6) is 0.888. The van der Waals surface area contributed by atoms with Crippen molar-refractivity contribution < 1.29 is 17.9 Å². The Labute approximate surface area is 124 Å². The zero-order valence-corrected chi connectivity index (χ0v) is 13.2. The average molecular weight is 319 g/mol. The first-order valence-electron chi connectivity index (χ1n) is 6.71. The van der Waals surface area contributed by atoms with Gasteiger partial charge in [-0.15, -0.1) is 0 Å². The van der Waals surface area contributed by atoms with Gasteiger partial charge in [0.2, 0.25) is 0 Å². The van der Waals surface area contributed by atoms with E-state index >= 15 is 0 Å². The second-order valence-corrected chi connectivity index (χ2v) is 7.79. The summed E-state index contributed by atoms with van der Waals surface area (Å²) in [6.45, 7) is 5.40. The van der Waals surface area contributed by atoms with Crippen molar-refractivity contribution in [1.29, 1.82) is 0 Å². The second-order valence-electron chi connectivity index (χ2n) is 5.22. The Bertz CT molecular complexity index is 563.